The third-order valence-corrected chi connectivity index (χ3v) is 2.91. The summed E-state index contributed by atoms with van der Waals surface area (Å²) in [7, 11) is -5.36. The highest BCUT2D eigenvalue weighted by atomic mass is 32.2. The van der Waals surface area contributed by atoms with E-state index in [2.05, 4.69) is 6.58 Å². The van der Waals surface area contributed by atoms with Gasteiger partial charge in [0, 0.05) is 13.1 Å². The van der Waals surface area contributed by atoms with Crippen LogP contribution in [0.5, 0.6) is 0 Å². The number of alkyl halides is 3. The normalized spacial score (nSPS) is 13.2. The molecule has 0 atom stereocenters. The Morgan fingerprint density at radius 1 is 1.43 bits per heavy atom. The lowest BCUT2D eigenvalue weighted by atomic mass is 10.6. The first-order valence-corrected chi connectivity index (χ1v) is 4.99. The highest BCUT2D eigenvalue weighted by Crippen LogP contribution is 2.26. The van der Waals surface area contributed by atoms with Crippen LogP contribution in [0.15, 0.2) is 12.7 Å². The van der Waals surface area contributed by atoms with Gasteiger partial charge in [-0.1, -0.05) is 6.08 Å². The lowest BCUT2D eigenvalue weighted by Crippen LogP contribution is -2.42. The molecule has 0 aliphatic rings. The fourth-order valence-electron chi connectivity index (χ4n) is 0.712. The molecule has 0 unspecified atom stereocenters. The average Bonchev–Trinajstić information content (AvgIpc) is 2.02. The Morgan fingerprint density at radius 2 is 1.93 bits per heavy atom. The van der Waals surface area contributed by atoms with Gasteiger partial charge in [0.05, 0.1) is 6.61 Å². The number of sulfonamides is 1. The second-order valence-corrected chi connectivity index (χ2v) is 4.25. The van der Waals surface area contributed by atoms with Gasteiger partial charge in [-0.2, -0.15) is 17.5 Å². The van der Waals surface area contributed by atoms with Crippen LogP contribution >= 0.6 is 0 Å². The van der Waals surface area contributed by atoms with Gasteiger partial charge in [0.1, 0.15) is 0 Å². The van der Waals surface area contributed by atoms with E-state index < -0.39 is 35.2 Å². The standard InChI is InChI=1S/C6H10F3NO3S/c1-2-3-10(4-5-11)14(12,13)6(7,8)9/h2,11H,1,3-5H2. The first-order chi connectivity index (χ1) is 6.27. The van der Waals surface area contributed by atoms with Gasteiger partial charge in [-0.25, -0.2) is 8.42 Å². The van der Waals surface area contributed by atoms with Gasteiger partial charge < -0.3 is 5.11 Å². The molecule has 0 saturated heterocycles. The highest BCUT2D eigenvalue weighted by molar-refractivity contribution is 7.90. The van der Waals surface area contributed by atoms with Gasteiger partial charge in [0.15, 0.2) is 0 Å². The lowest BCUT2D eigenvalue weighted by Gasteiger charge is -2.20. The SMILES string of the molecule is C=CCN(CCO)S(=O)(=O)C(F)(F)F. The molecule has 0 radical (unpaired) electrons. The Balaban J connectivity index is 4.90. The topological polar surface area (TPSA) is 57.6 Å². The van der Waals surface area contributed by atoms with Gasteiger partial charge in [-0.05, 0) is 0 Å². The van der Waals surface area contributed by atoms with E-state index >= 15 is 0 Å². The van der Waals surface area contributed by atoms with Crippen molar-refractivity contribution in [3.05, 3.63) is 12.7 Å². The van der Waals surface area contributed by atoms with Gasteiger partial charge in [0.25, 0.3) is 0 Å². The molecule has 8 heteroatoms. The van der Waals surface area contributed by atoms with Gasteiger partial charge in [-0.3, -0.25) is 0 Å². The molecule has 0 saturated carbocycles. The molecular formula is C6H10F3NO3S. The molecule has 0 spiro atoms. The molecule has 0 amide bonds. The maximum atomic E-state index is 12.0. The number of nitrogens with zero attached hydrogens (tertiary/aromatic N) is 1. The molecule has 0 aromatic rings. The Morgan fingerprint density at radius 3 is 2.21 bits per heavy atom. The molecule has 0 rings (SSSR count). The van der Waals surface area contributed by atoms with E-state index in [9.17, 15) is 21.6 Å². The van der Waals surface area contributed by atoms with Crippen molar-refractivity contribution in [2.24, 2.45) is 0 Å². The van der Waals surface area contributed by atoms with Crippen LogP contribution in [0.4, 0.5) is 13.2 Å². The van der Waals surface area contributed by atoms with Crippen LogP contribution in [0.1, 0.15) is 0 Å². The van der Waals surface area contributed by atoms with Crippen molar-refractivity contribution >= 4 is 10.0 Å². The molecule has 0 aromatic heterocycles. The van der Waals surface area contributed by atoms with Gasteiger partial charge in [-0.15, -0.1) is 6.58 Å². The van der Waals surface area contributed by atoms with Crippen LogP contribution in [-0.4, -0.2) is 43.0 Å². The molecule has 84 valence electrons. The van der Waals surface area contributed by atoms with Crippen LogP contribution in [0.2, 0.25) is 0 Å². The van der Waals surface area contributed by atoms with Gasteiger partial charge in [0.2, 0.25) is 0 Å². The molecular weight excluding hydrogens is 223 g/mol. The maximum Gasteiger partial charge on any atom is 0.511 e. The van der Waals surface area contributed by atoms with Crippen molar-refractivity contribution in [2.75, 3.05) is 19.7 Å². The van der Waals surface area contributed by atoms with Crippen LogP contribution in [0.3, 0.4) is 0 Å². The predicted molar refractivity (Wildman–Crippen MR) is 43.8 cm³/mol. The summed E-state index contributed by atoms with van der Waals surface area (Å²) in [5, 5.41) is 8.38. The predicted octanol–water partition coefficient (Wildman–Crippen LogP) is 0.316. The third-order valence-electron chi connectivity index (χ3n) is 1.31. The maximum absolute atomic E-state index is 12.0. The minimum absolute atomic E-state index is 0.111. The molecule has 0 aliphatic carbocycles. The minimum Gasteiger partial charge on any atom is -0.395 e. The van der Waals surface area contributed by atoms with Crippen molar-refractivity contribution in [3.63, 3.8) is 0 Å². The summed E-state index contributed by atoms with van der Waals surface area (Å²) in [5.74, 6) is 0. The largest absolute Gasteiger partial charge is 0.511 e. The first kappa shape index (κ1) is 13.4. The summed E-state index contributed by atoms with van der Waals surface area (Å²) >= 11 is 0. The van der Waals surface area contributed by atoms with Crippen molar-refractivity contribution in [3.8, 4) is 0 Å². The summed E-state index contributed by atoms with van der Waals surface area (Å²) in [6.07, 6.45) is 1.01. The van der Waals surface area contributed by atoms with E-state index in [1.165, 1.54) is 0 Å². The average molecular weight is 233 g/mol. The minimum atomic E-state index is -5.36. The highest BCUT2D eigenvalue weighted by Gasteiger charge is 2.49. The Hall–Kier alpha value is -0.600. The fraction of sp³-hybridized carbons (Fsp3) is 0.667. The Kier molecular flexibility index (Phi) is 4.56. The fourth-order valence-corrected chi connectivity index (χ4v) is 1.63. The smallest absolute Gasteiger partial charge is 0.395 e. The summed E-state index contributed by atoms with van der Waals surface area (Å²) in [6, 6.07) is 0. The van der Waals surface area contributed by atoms with E-state index in [1.807, 2.05) is 0 Å². The van der Waals surface area contributed by atoms with E-state index in [1.54, 1.807) is 0 Å². The number of hydrogen-bond donors (Lipinski definition) is 1. The second-order valence-electron chi connectivity index (χ2n) is 2.32. The summed E-state index contributed by atoms with van der Waals surface area (Å²) in [5.41, 5.74) is -5.34. The zero-order chi connectivity index (χ0) is 11.4. The molecule has 0 aliphatic heterocycles. The monoisotopic (exact) mass is 233 g/mol. The zero-order valence-electron chi connectivity index (χ0n) is 7.16. The molecule has 0 aromatic carbocycles. The Labute approximate surface area is 79.7 Å². The zero-order valence-corrected chi connectivity index (χ0v) is 7.98. The van der Waals surface area contributed by atoms with Crippen LogP contribution in [0.25, 0.3) is 0 Å². The Bertz CT molecular complexity index is 285. The number of halogens is 3. The third kappa shape index (κ3) is 2.96. The van der Waals surface area contributed by atoms with Crippen LogP contribution in [-0.2, 0) is 10.0 Å². The first-order valence-electron chi connectivity index (χ1n) is 3.55. The van der Waals surface area contributed by atoms with Crippen molar-refractivity contribution < 1.29 is 26.7 Å². The quantitative estimate of drug-likeness (QED) is 0.695. The molecule has 14 heavy (non-hydrogen) atoms. The lowest BCUT2D eigenvalue weighted by molar-refractivity contribution is -0.0488. The van der Waals surface area contributed by atoms with Crippen molar-refractivity contribution in [1.29, 1.82) is 0 Å². The number of aliphatic hydroxyl groups excluding tert-OH is 1. The van der Waals surface area contributed by atoms with Crippen LogP contribution in [0, 0.1) is 0 Å². The van der Waals surface area contributed by atoms with Gasteiger partial charge >= 0.3 is 15.5 Å². The van der Waals surface area contributed by atoms with Crippen molar-refractivity contribution in [2.45, 2.75) is 5.51 Å². The molecule has 0 fully saturated rings. The van der Waals surface area contributed by atoms with E-state index in [-0.39, 0.29) is 4.31 Å². The molecule has 4 nitrogen and oxygen atoms in total. The summed E-state index contributed by atoms with van der Waals surface area (Å²) in [4.78, 5) is 0. The van der Waals surface area contributed by atoms with E-state index in [0.29, 0.717) is 0 Å². The van der Waals surface area contributed by atoms with E-state index in [4.69, 9.17) is 5.11 Å². The molecule has 0 heterocycles. The summed E-state index contributed by atoms with van der Waals surface area (Å²) < 4.78 is 57.6. The number of rotatable bonds is 5. The molecule has 0 bridgehead atoms. The summed E-state index contributed by atoms with van der Waals surface area (Å²) in [6.45, 7) is 1.36. The molecule has 1 N–H and O–H groups in total. The second kappa shape index (κ2) is 4.76. The van der Waals surface area contributed by atoms with Crippen molar-refractivity contribution in [1.82, 2.24) is 4.31 Å². The van der Waals surface area contributed by atoms with E-state index in [0.717, 1.165) is 6.08 Å². The number of aliphatic hydroxyl groups is 1. The number of hydrogen-bond acceptors (Lipinski definition) is 3. The van der Waals surface area contributed by atoms with Crippen LogP contribution < -0.4 is 0 Å².